The standard InChI is InChI=1S/C17H21N3O/c1-12-4-3-5-13(2)16(12)11-20-17(21)8-15(10-19-20)18-9-14-6-7-14/h3-5,8,10,14,18H,6-7,9,11H2,1-2H3. The van der Waals surface area contributed by atoms with Gasteiger partial charge in [0, 0.05) is 12.6 Å². The molecule has 0 unspecified atom stereocenters. The molecule has 0 aliphatic heterocycles. The van der Waals surface area contributed by atoms with E-state index in [1.807, 2.05) is 6.07 Å². The Morgan fingerprint density at radius 1 is 1.29 bits per heavy atom. The zero-order chi connectivity index (χ0) is 14.8. The van der Waals surface area contributed by atoms with Crippen LogP contribution < -0.4 is 10.9 Å². The van der Waals surface area contributed by atoms with Gasteiger partial charge in [0.05, 0.1) is 18.4 Å². The Labute approximate surface area is 124 Å². The maximum Gasteiger partial charge on any atom is 0.269 e. The van der Waals surface area contributed by atoms with E-state index < -0.39 is 0 Å². The molecule has 0 bridgehead atoms. The highest BCUT2D eigenvalue weighted by Crippen LogP contribution is 2.28. The predicted octanol–water partition coefficient (Wildman–Crippen LogP) is 2.73. The average molecular weight is 283 g/mol. The third-order valence-electron chi connectivity index (χ3n) is 4.11. The molecular formula is C17H21N3O. The maximum absolute atomic E-state index is 12.2. The highest BCUT2D eigenvalue weighted by molar-refractivity contribution is 5.39. The van der Waals surface area contributed by atoms with Gasteiger partial charge in [-0.3, -0.25) is 4.79 Å². The minimum atomic E-state index is -0.0570. The monoisotopic (exact) mass is 283 g/mol. The summed E-state index contributed by atoms with van der Waals surface area (Å²) in [5, 5.41) is 7.58. The molecule has 2 aromatic rings. The van der Waals surface area contributed by atoms with Gasteiger partial charge in [-0.15, -0.1) is 0 Å². The number of nitrogens with zero attached hydrogens (tertiary/aromatic N) is 2. The third kappa shape index (κ3) is 3.32. The number of aryl methyl sites for hydroxylation is 2. The van der Waals surface area contributed by atoms with Gasteiger partial charge in [-0.1, -0.05) is 18.2 Å². The summed E-state index contributed by atoms with van der Waals surface area (Å²) in [6, 6.07) is 7.82. The van der Waals surface area contributed by atoms with Gasteiger partial charge in [-0.05, 0) is 49.3 Å². The predicted molar refractivity (Wildman–Crippen MR) is 84.7 cm³/mol. The second-order valence-electron chi connectivity index (χ2n) is 5.93. The topological polar surface area (TPSA) is 46.9 Å². The van der Waals surface area contributed by atoms with Crippen molar-refractivity contribution >= 4 is 5.69 Å². The lowest BCUT2D eigenvalue weighted by Crippen LogP contribution is -2.24. The van der Waals surface area contributed by atoms with Crippen LogP contribution in [0.5, 0.6) is 0 Å². The van der Waals surface area contributed by atoms with Crippen LogP contribution >= 0.6 is 0 Å². The van der Waals surface area contributed by atoms with Crippen LogP contribution in [0, 0.1) is 19.8 Å². The normalized spacial score (nSPS) is 14.2. The SMILES string of the molecule is Cc1cccc(C)c1Cn1ncc(NCC2CC2)cc1=O. The van der Waals surface area contributed by atoms with Crippen molar-refractivity contribution in [3.8, 4) is 0 Å². The van der Waals surface area contributed by atoms with Gasteiger partial charge >= 0.3 is 0 Å². The van der Waals surface area contributed by atoms with Gasteiger partial charge < -0.3 is 5.32 Å². The van der Waals surface area contributed by atoms with E-state index in [1.165, 1.54) is 34.2 Å². The van der Waals surface area contributed by atoms with Crippen molar-refractivity contribution < 1.29 is 0 Å². The number of hydrogen-bond acceptors (Lipinski definition) is 3. The van der Waals surface area contributed by atoms with Gasteiger partial charge in [-0.25, -0.2) is 4.68 Å². The van der Waals surface area contributed by atoms with Gasteiger partial charge in [-0.2, -0.15) is 5.10 Å². The highest BCUT2D eigenvalue weighted by Gasteiger charge is 2.20. The van der Waals surface area contributed by atoms with E-state index in [0.29, 0.717) is 6.54 Å². The summed E-state index contributed by atoms with van der Waals surface area (Å²) < 4.78 is 1.53. The highest BCUT2D eigenvalue weighted by atomic mass is 16.1. The molecule has 1 N–H and O–H groups in total. The van der Waals surface area contributed by atoms with Crippen LogP contribution in [0.25, 0.3) is 0 Å². The number of benzene rings is 1. The van der Waals surface area contributed by atoms with Crippen molar-refractivity contribution in [3.05, 3.63) is 57.5 Å². The van der Waals surface area contributed by atoms with Crippen LogP contribution in [0.1, 0.15) is 29.5 Å². The largest absolute Gasteiger partial charge is 0.383 e. The second kappa shape index (κ2) is 5.72. The van der Waals surface area contributed by atoms with Crippen LogP contribution in [0.4, 0.5) is 5.69 Å². The Bertz CT molecular complexity index is 681. The molecule has 0 amide bonds. The molecule has 1 aliphatic carbocycles. The molecule has 4 heteroatoms. The van der Waals surface area contributed by atoms with Crippen LogP contribution in [0.15, 0.2) is 35.3 Å². The number of hydrogen-bond donors (Lipinski definition) is 1. The summed E-state index contributed by atoms with van der Waals surface area (Å²) >= 11 is 0. The summed E-state index contributed by atoms with van der Waals surface area (Å²) in [4.78, 5) is 12.2. The van der Waals surface area contributed by atoms with Gasteiger partial charge in [0.2, 0.25) is 0 Å². The zero-order valence-corrected chi connectivity index (χ0v) is 12.6. The van der Waals surface area contributed by atoms with Crippen molar-refractivity contribution in [2.24, 2.45) is 5.92 Å². The fraction of sp³-hybridized carbons (Fsp3) is 0.412. The Kier molecular flexibility index (Phi) is 3.78. The van der Waals surface area contributed by atoms with E-state index in [4.69, 9.17) is 0 Å². The van der Waals surface area contributed by atoms with E-state index in [1.54, 1.807) is 12.3 Å². The first-order chi connectivity index (χ1) is 10.1. The fourth-order valence-electron chi connectivity index (χ4n) is 2.48. The molecule has 0 spiro atoms. The molecule has 0 radical (unpaired) electrons. The molecule has 1 aromatic heterocycles. The first-order valence-electron chi connectivity index (χ1n) is 7.49. The Balaban J connectivity index is 1.77. The lowest BCUT2D eigenvalue weighted by atomic mass is 10.0. The molecule has 1 aliphatic rings. The Morgan fingerprint density at radius 2 is 2.00 bits per heavy atom. The molecule has 110 valence electrons. The minimum Gasteiger partial charge on any atom is -0.383 e. The molecule has 1 saturated carbocycles. The minimum absolute atomic E-state index is 0.0570. The van der Waals surface area contributed by atoms with E-state index in [0.717, 1.165) is 18.2 Å². The number of rotatable bonds is 5. The van der Waals surface area contributed by atoms with Gasteiger partial charge in [0.1, 0.15) is 0 Å². The Morgan fingerprint density at radius 3 is 2.62 bits per heavy atom. The first kappa shape index (κ1) is 13.9. The number of nitrogens with one attached hydrogen (secondary N) is 1. The molecule has 21 heavy (non-hydrogen) atoms. The van der Waals surface area contributed by atoms with E-state index >= 15 is 0 Å². The molecular weight excluding hydrogens is 262 g/mol. The third-order valence-corrected chi connectivity index (χ3v) is 4.11. The fourth-order valence-corrected chi connectivity index (χ4v) is 2.48. The lowest BCUT2D eigenvalue weighted by molar-refractivity contribution is 0.635. The van der Waals surface area contributed by atoms with Crippen molar-refractivity contribution in [2.75, 3.05) is 11.9 Å². The quantitative estimate of drug-likeness (QED) is 0.918. The molecule has 1 heterocycles. The van der Waals surface area contributed by atoms with E-state index in [9.17, 15) is 4.79 Å². The van der Waals surface area contributed by atoms with E-state index in [2.05, 4.69) is 36.4 Å². The van der Waals surface area contributed by atoms with Crippen molar-refractivity contribution in [2.45, 2.75) is 33.2 Å². The van der Waals surface area contributed by atoms with Gasteiger partial charge in [0.25, 0.3) is 5.56 Å². The number of aromatic nitrogens is 2. The second-order valence-corrected chi connectivity index (χ2v) is 5.93. The Hall–Kier alpha value is -2.10. The molecule has 4 nitrogen and oxygen atoms in total. The lowest BCUT2D eigenvalue weighted by Gasteiger charge is -2.11. The summed E-state index contributed by atoms with van der Waals surface area (Å²) in [5.41, 5.74) is 4.33. The molecule has 3 rings (SSSR count). The summed E-state index contributed by atoms with van der Waals surface area (Å²) in [6.07, 6.45) is 4.34. The summed E-state index contributed by atoms with van der Waals surface area (Å²) in [7, 11) is 0. The van der Waals surface area contributed by atoms with Crippen molar-refractivity contribution in [1.82, 2.24) is 9.78 Å². The van der Waals surface area contributed by atoms with E-state index in [-0.39, 0.29) is 5.56 Å². The smallest absolute Gasteiger partial charge is 0.269 e. The summed E-state index contributed by atoms with van der Waals surface area (Å²) in [6.45, 7) is 5.61. The molecule has 1 fully saturated rings. The van der Waals surface area contributed by atoms with Crippen LogP contribution in [0.3, 0.4) is 0 Å². The molecule has 0 saturated heterocycles. The van der Waals surface area contributed by atoms with Crippen LogP contribution in [0.2, 0.25) is 0 Å². The van der Waals surface area contributed by atoms with Crippen molar-refractivity contribution in [3.63, 3.8) is 0 Å². The molecule has 0 atom stereocenters. The maximum atomic E-state index is 12.2. The van der Waals surface area contributed by atoms with Crippen molar-refractivity contribution in [1.29, 1.82) is 0 Å². The first-order valence-corrected chi connectivity index (χ1v) is 7.49. The number of anilines is 1. The zero-order valence-electron chi connectivity index (χ0n) is 12.6. The van der Waals surface area contributed by atoms with Crippen LogP contribution in [-0.4, -0.2) is 16.3 Å². The summed E-state index contributed by atoms with van der Waals surface area (Å²) in [5.74, 6) is 0.780. The van der Waals surface area contributed by atoms with Gasteiger partial charge in [0.15, 0.2) is 0 Å². The molecule has 1 aromatic carbocycles. The average Bonchev–Trinajstić information content (AvgIpc) is 3.27. The van der Waals surface area contributed by atoms with Crippen LogP contribution in [-0.2, 0) is 6.54 Å².